The summed E-state index contributed by atoms with van der Waals surface area (Å²) in [4.78, 5) is 19.7. The third-order valence-corrected chi connectivity index (χ3v) is 6.81. The SMILES string of the molecule is CCOc1ccc(NC(=O)CN2CCC(Cn3c(COc4ccccc4)nc4ccccc43)CC2)cc1. The number of piperidine rings is 1. The summed E-state index contributed by atoms with van der Waals surface area (Å²) < 4.78 is 13.8. The molecule has 1 fully saturated rings. The number of imidazole rings is 1. The number of ether oxygens (including phenoxy) is 2. The van der Waals surface area contributed by atoms with Crippen LogP contribution in [-0.2, 0) is 17.9 Å². The minimum Gasteiger partial charge on any atom is -0.494 e. The predicted molar refractivity (Wildman–Crippen MR) is 146 cm³/mol. The second-order valence-electron chi connectivity index (χ2n) is 9.45. The Balaban J connectivity index is 1.15. The highest BCUT2D eigenvalue weighted by Gasteiger charge is 2.23. The normalized spacial score (nSPS) is 14.5. The van der Waals surface area contributed by atoms with Crippen LogP contribution in [0.15, 0.2) is 78.9 Å². The molecule has 0 unspecified atom stereocenters. The van der Waals surface area contributed by atoms with Crippen molar-refractivity contribution in [3.05, 3.63) is 84.7 Å². The summed E-state index contributed by atoms with van der Waals surface area (Å²) in [5.74, 6) is 3.14. The highest BCUT2D eigenvalue weighted by atomic mass is 16.5. The molecule has 5 rings (SSSR count). The van der Waals surface area contributed by atoms with Crippen molar-refractivity contribution >= 4 is 22.6 Å². The third kappa shape index (κ3) is 6.49. The van der Waals surface area contributed by atoms with Gasteiger partial charge in [0.05, 0.1) is 24.2 Å². The van der Waals surface area contributed by atoms with Gasteiger partial charge in [0.25, 0.3) is 0 Å². The lowest BCUT2D eigenvalue weighted by molar-refractivity contribution is -0.117. The zero-order valence-electron chi connectivity index (χ0n) is 21.3. The lowest BCUT2D eigenvalue weighted by atomic mass is 9.96. The van der Waals surface area contributed by atoms with Gasteiger partial charge >= 0.3 is 0 Å². The van der Waals surface area contributed by atoms with Crippen LogP contribution < -0.4 is 14.8 Å². The smallest absolute Gasteiger partial charge is 0.238 e. The first-order valence-electron chi connectivity index (χ1n) is 13.0. The number of anilines is 1. The lowest BCUT2D eigenvalue weighted by Crippen LogP contribution is -2.40. The average Bonchev–Trinajstić information content (AvgIpc) is 3.27. The second kappa shape index (κ2) is 11.9. The Morgan fingerprint density at radius 2 is 1.62 bits per heavy atom. The summed E-state index contributed by atoms with van der Waals surface area (Å²) in [5, 5.41) is 3.00. The van der Waals surface area contributed by atoms with Crippen LogP contribution in [-0.4, -0.2) is 46.6 Å². The molecule has 1 aliphatic heterocycles. The summed E-state index contributed by atoms with van der Waals surface area (Å²) in [7, 11) is 0. The first-order chi connectivity index (χ1) is 18.2. The standard InChI is InChI=1S/C30H34N4O3/c1-2-36-26-14-12-24(13-15-26)31-30(35)21-33-18-16-23(17-19-33)20-34-28-11-7-6-10-27(28)32-29(34)22-37-25-8-4-3-5-9-25/h3-15,23H,2,16-22H2,1H3,(H,31,35). The topological polar surface area (TPSA) is 68.6 Å². The van der Waals surface area contributed by atoms with E-state index in [1.54, 1.807) is 0 Å². The number of nitrogens with zero attached hydrogens (tertiary/aromatic N) is 3. The Morgan fingerprint density at radius 3 is 2.38 bits per heavy atom. The van der Waals surface area contributed by atoms with Gasteiger partial charge in [-0.05, 0) is 87.3 Å². The number of carbonyl (C=O) groups is 1. The van der Waals surface area contributed by atoms with Gasteiger partial charge in [-0.15, -0.1) is 0 Å². The summed E-state index contributed by atoms with van der Waals surface area (Å²) in [5.41, 5.74) is 2.93. The van der Waals surface area contributed by atoms with E-state index in [2.05, 4.69) is 33.0 Å². The average molecular weight is 499 g/mol. The van der Waals surface area contributed by atoms with Gasteiger partial charge < -0.3 is 19.4 Å². The van der Waals surface area contributed by atoms with Crippen molar-refractivity contribution in [2.45, 2.75) is 32.9 Å². The van der Waals surface area contributed by atoms with E-state index in [1.807, 2.05) is 67.6 Å². The number of rotatable bonds is 10. The number of hydrogen-bond donors (Lipinski definition) is 1. The van der Waals surface area contributed by atoms with Crippen LogP contribution in [0.25, 0.3) is 11.0 Å². The van der Waals surface area contributed by atoms with Crippen molar-refractivity contribution in [1.82, 2.24) is 14.5 Å². The van der Waals surface area contributed by atoms with Crippen LogP contribution in [0, 0.1) is 5.92 Å². The second-order valence-corrected chi connectivity index (χ2v) is 9.45. The molecular formula is C30H34N4O3. The monoisotopic (exact) mass is 498 g/mol. The molecule has 1 amide bonds. The maximum atomic E-state index is 12.6. The molecule has 2 heterocycles. The molecule has 1 saturated heterocycles. The van der Waals surface area contributed by atoms with E-state index in [0.717, 1.165) is 66.5 Å². The number of para-hydroxylation sites is 3. The zero-order valence-corrected chi connectivity index (χ0v) is 21.3. The molecule has 4 aromatic rings. The molecule has 1 aromatic heterocycles. The first-order valence-corrected chi connectivity index (χ1v) is 13.0. The van der Waals surface area contributed by atoms with Crippen LogP contribution in [0.3, 0.4) is 0 Å². The zero-order chi connectivity index (χ0) is 25.5. The molecule has 0 radical (unpaired) electrons. The number of nitrogens with one attached hydrogen (secondary N) is 1. The van der Waals surface area contributed by atoms with Crippen LogP contribution in [0.4, 0.5) is 5.69 Å². The molecule has 37 heavy (non-hydrogen) atoms. The lowest BCUT2D eigenvalue weighted by Gasteiger charge is -2.32. The van der Waals surface area contributed by atoms with Gasteiger partial charge in [0.15, 0.2) is 0 Å². The molecule has 1 N–H and O–H groups in total. The number of aromatic nitrogens is 2. The Morgan fingerprint density at radius 1 is 0.919 bits per heavy atom. The van der Waals surface area contributed by atoms with Crippen LogP contribution >= 0.6 is 0 Å². The van der Waals surface area contributed by atoms with E-state index in [-0.39, 0.29) is 5.91 Å². The fraction of sp³-hybridized carbons (Fsp3) is 0.333. The van der Waals surface area contributed by atoms with Gasteiger partial charge in [-0.3, -0.25) is 9.69 Å². The quantitative estimate of drug-likeness (QED) is 0.319. The molecule has 0 saturated carbocycles. The molecule has 0 aliphatic carbocycles. The van der Waals surface area contributed by atoms with Crippen molar-refractivity contribution in [2.24, 2.45) is 5.92 Å². The Hall–Kier alpha value is -3.84. The minimum atomic E-state index is 0.0172. The molecule has 7 nitrogen and oxygen atoms in total. The van der Waals surface area contributed by atoms with Gasteiger partial charge in [-0.25, -0.2) is 4.98 Å². The summed E-state index contributed by atoms with van der Waals surface area (Å²) in [6.07, 6.45) is 2.09. The molecule has 0 spiro atoms. The van der Waals surface area contributed by atoms with Crippen molar-refractivity contribution < 1.29 is 14.3 Å². The molecule has 0 bridgehead atoms. The molecule has 0 atom stereocenters. The van der Waals surface area contributed by atoms with E-state index in [4.69, 9.17) is 14.5 Å². The van der Waals surface area contributed by atoms with Crippen molar-refractivity contribution in [1.29, 1.82) is 0 Å². The Kier molecular flexibility index (Phi) is 8.01. The Bertz CT molecular complexity index is 1300. The van der Waals surface area contributed by atoms with E-state index >= 15 is 0 Å². The van der Waals surface area contributed by atoms with Crippen LogP contribution in [0.1, 0.15) is 25.6 Å². The molecular weight excluding hydrogens is 464 g/mol. The highest BCUT2D eigenvalue weighted by Crippen LogP contribution is 2.25. The minimum absolute atomic E-state index is 0.0172. The van der Waals surface area contributed by atoms with Gasteiger partial charge in [-0.2, -0.15) is 0 Å². The van der Waals surface area contributed by atoms with Gasteiger partial charge in [-0.1, -0.05) is 30.3 Å². The van der Waals surface area contributed by atoms with Crippen molar-refractivity contribution in [2.75, 3.05) is 31.6 Å². The highest BCUT2D eigenvalue weighted by molar-refractivity contribution is 5.92. The predicted octanol–water partition coefficient (Wildman–Crippen LogP) is 5.36. The fourth-order valence-corrected chi connectivity index (χ4v) is 4.89. The van der Waals surface area contributed by atoms with Crippen molar-refractivity contribution in [3.63, 3.8) is 0 Å². The molecule has 3 aromatic carbocycles. The molecule has 192 valence electrons. The van der Waals surface area contributed by atoms with Crippen molar-refractivity contribution in [3.8, 4) is 11.5 Å². The summed E-state index contributed by atoms with van der Waals surface area (Å²) in [6.45, 7) is 6.14. The number of hydrogen-bond acceptors (Lipinski definition) is 5. The number of benzene rings is 3. The maximum Gasteiger partial charge on any atom is 0.238 e. The van der Waals surface area contributed by atoms with E-state index in [9.17, 15) is 4.79 Å². The van der Waals surface area contributed by atoms with Crippen LogP contribution in [0.2, 0.25) is 0 Å². The van der Waals surface area contributed by atoms with E-state index in [0.29, 0.717) is 25.7 Å². The molecule has 7 heteroatoms. The van der Waals surface area contributed by atoms with Gasteiger partial charge in [0, 0.05) is 12.2 Å². The number of carbonyl (C=O) groups excluding carboxylic acids is 1. The summed E-state index contributed by atoms with van der Waals surface area (Å²) >= 11 is 0. The summed E-state index contributed by atoms with van der Waals surface area (Å²) in [6, 6.07) is 25.7. The molecule has 1 aliphatic rings. The third-order valence-electron chi connectivity index (χ3n) is 6.81. The largest absolute Gasteiger partial charge is 0.494 e. The first kappa shape index (κ1) is 24.8. The van der Waals surface area contributed by atoms with E-state index < -0.39 is 0 Å². The van der Waals surface area contributed by atoms with Gasteiger partial charge in [0.2, 0.25) is 5.91 Å². The maximum absolute atomic E-state index is 12.6. The fourth-order valence-electron chi connectivity index (χ4n) is 4.89. The van der Waals surface area contributed by atoms with E-state index in [1.165, 1.54) is 0 Å². The van der Waals surface area contributed by atoms with Crippen LogP contribution in [0.5, 0.6) is 11.5 Å². The number of amides is 1. The number of likely N-dealkylation sites (tertiary alicyclic amines) is 1. The number of fused-ring (bicyclic) bond motifs is 1. The van der Waals surface area contributed by atoms with Gasteiger partial charge in [0.1, 0.15) is 23.9 Å². The Labute approximate surface area is 218 Å².